The van der Waals surface area contributed by atoms with Crippen LogP contribution < -0.4 is 4.74 Å². The second-order valence-corrected chi connectivity index (χ2v) is 5.72. The summed E-state index contributed by atoms with van der Waals surface area (Å²) in [5.74, 6) is 0.343. The Bertz CT molecular complexity index is 507. The molecular weight excluding hydrogens is 285 g/mol. The quantitative estimate of drug-likeness (QED) is 0.573. The molecule has 0 unspecified atom stereocenters. The zero-order valence-electron chi connectivity index (χ0n) is 10.9. The lowest BCUT2D eigenvalue weighted by molar-refractivity contribution is 0.111. The molecule has 0 aromatic heterocycles. The van der Waals surface area contributed by atoms with Gasteiger partial charge in [0.2, 0.25) is 0 Å². The molecule has 0 saturated heterocycles. The third kappa shape index (κ3) is 4.74. The molecule has 102 valence electrons. The van der Waals surface area contributed by atoms with E-state index < -0.39 is 0 Å². The van der Waals surface area contributed by atoms with E-state index in [1.54, 1.807) is 0 Å². The summed E-state index contributed by atoms with van der Waals surface area (Å²) in [5, 5.41) is 9.60. The van der Waals surface area contributed by atoms with Crippen LogP contribution in [0.2, 0.25) is 10.0 Å². The minimum absolute atomic E-state index is 0.314. The zero-order valence-corrected chi connectivity index (χ0v) is 12.4. The fourth-order valence-corrected chi connectivity index (χ4v) is 2.13. The molecule has 0 fully saturated rings. The first-order chi connectivity index (χ1) is 8.89. The van der Waals surface area contributed by atoms with E-state index >= 15 is 0 Å². The van der Waals surface area contributed by atoms with Gasteiger partial charge in [-0.3, -0.25) is 4.79 Å². The fourth-order valence-electron chi connectivity index (χ4n) is 1.56. The number of halogens is 2. The first-order valence-electron chi connectivity index (χ1n) is 5.88. The Balaban J connectivity index is 2.64. The number of nitrogens with zero attached hydrogens (tertiary/aromatic N) is 1. The zero-order chi connectivity index (χ0) is 14.5. The summed E-state index contributed by atoms with van der Waals surface area (Å²) in [7, 11) is 0. The number of carbonyl (C=O) groups excluding carboxylic acids is 1. The smallest absolute Gasteiger partial charge is 0.153 e. The molecular formula is C14H15Cl2NO2. The highest BCUT2D eigenvalue weighted by Crippen LogP contribution is 2.32. The molecule has 0 aliphatic carbocycles. The molecule has 1 rings (SSSR count). The SMILES string of the molecule is CC(C)(C#N)CCCOc1c(Cl)cc(Cl)cc1C=O. The molecule has 0 aliphatic rings. The molecule has 1 aromatic rings. The molecule has 0 saturated carbocycles. The van der Waals surface area contributed by atoms with Gasteiger partial charge in [-0.25, -0.2) is 0 Å². The Morgan fingerprint density at radius 3 is 2.68 bits per heavy atom. The van der Waals surface area contributed by atoms with Crippen molar-refractivity contribution in [3.63, 3.8) is 0 Å². The van der Waals surface area contributed by atoms with Crippen LogP contribution in [-0.4, -0.2) is 12.9 Å². The maximum Gasteiger partial charge on any atom is 0.153 e. The van der Waals surface area contributed by atoms with Crippen LogP contribution in [0.25, 0.3) is 0 Å². The average molecular weight is 300 g/mol. The number of ether oxygens (including phenoxy) is 1. The van der Waals surface area contributed by atoms with Gasteiger partial charge >= 0.3 is 0 Å². The number of hydrogen-bond acceptors (Lipinski definition) is 3. The Labute approximate surface area is 123 Å². The minimum Gasteiger partial charge on any atom is -0.491 e. The van der Waals surface area contributed by atoms with E-state index in [9.17, 15) is 4.79 Å². The number of hydrogen-bond donors (Lipinski definition) is 0. The molecule has 0 amide bonds. The van der Waals surface area contributed by atoms with E-state index in [1.165, 1.54) is 12.1 Å². The Morgan fingerprint density at radius 1 is 1.42 bits per heavy atom. The summed E-state index contributed by atoms with van der Waals surface area (Å²) < 4.78 is 5.52. The minimum atomic E-state index is -0.374. The summed E-state index contributed by atoms with van der Waals surface area (Å²) in [6, 6.07) is 5.27. The first kappa shape index (κ1) is 15.8. The van der Waals surface area contributed by atoms with Crippen molar-refractivity contribution in [1.29, 1.82) is 5.26 Å². The van der Waals surface area contributed by atoms with Gasteiger partial charge in [0, 0.05) is 5.02 Å². The van der Waals surface area contributed by atoms with Crippen LogP contribution in [0.3, 0.4) is 0 Å². The molecule has 19 heavy (non-hydrogen) atoms. The van der Waals surface area contributed by atoms with E-state index in [0.717, 1.165) is 0 Å². The fraction of sp³-hybridized carbons (Fsp3) is 0.429. The van der Waals surface area contributed by atoms with E-state index in [1.807, 2.05) is 13.8 Å². The summed E-state index contributed by atoms with van der Waals surface area (Å²) in [5.41, 5.74) is -0.0438. The number of aldehydes is 1. The molecule has 1 aromatic carbocycles. The molecule has 5 heteroatoms. The number of benzene rings is 1. The monoisotopic (exact) mass is 299 g/mol. The van der Waals surface area contributed by atoms with Crippen LogP contribution in [0.1, 0.15) is 37.0 Å². The third-order valence-electron chi connectivity index (χ3n) is 2.66. The maximum atomic E-state index is 10.9. The maximum absolute atomic E-state index is 10.9. The highest BCUT2D eigenvalue weighted by molar-refractivity contribution is 6.36. The second-order valence-electron chi connectivity index (χ2n) is 4.87. The van der Waals surface area contributed by atoms with Gasteiger partial charge in [-0.1, -0.05) is 23.2 Å². The average Bonchev–Trinajstić information content (AvgIpc) is 2.35. The van der Waals surface area contributed by atoms with Crippen molar-refractivity contribution in [3.8, 4) is 11.8 Å². The molecule has 0 radical (unpaired) electrons. The highest BCUT2D eigenvalue weighted by Gasteiger charge is 2.16. The summed E-state index contributed by atoms with van der Waals surface area (Å²) in [4.78, 5) is 10.9. The van der Waals surface area contributed by atoms with Gasteiger partial charge in [0.05, 0.1) is 28.7 Å². The Kier molecular flexibility index (Phi) is 5.65. The van der Waals surface area contributed by atoms with E-state index in [-0.39, 0.29) is 5.41 Å². The van der Waals surface area contributed by atoms with Gasteiger partial charge in [-0.2, -0.15) is 5.26 Å². The number of nitriles is 1. The lowest BCUT2D eigenvalue weighted by Gasteiger charge is -2.15. The first-order valence-corrected chi connectivity index (χ1v) is 6.63. The normalized spacial score (nSPS) is 10.9. The summed E-state index contributed by atoms with van der Waals surface area (Å²) in [6.07, 6.45) is 2.08. The van der Waals surface area contributed by atoms with Crippen LogP contribution in [0.4, 0.5) is 0 Å². The Hall–Kier alpha value is -1.24. The number of rotatable bonds is 6. The third-order valence-corrected chi connectivity index (χ3v) is 3.16. The largest absolute Gasteiger partial charge is 0.491 e. The molecule has 0 bridgehead atoms. The standard InChI is InChI=1S/C14H15Cl2NO2/c1-14(2,9-17)4-3-5-19-13-10(8-18)6-11(15)7-12(13)16/h6-8H,3-5H2,1-2H3. The molecule has 0 heterocycles. The van der Waals surface area contributed by atoms with Crippen molar-refractivity contribution < 1.29 is 9.53 Å². The van der Waals surface area contributed by atoms with Crippen molar-refractivity contribution in [2.75, 3.05) is 6.61 Å². The van der Waals surface area contributed by atoms with Gasteiger partial charge in [0.15, 0.2) is 6.29 Å². The van der Waals surface area contributed by atoms with Crippen LogP contribution in [0.5, 0.6) is 5.75 Å². The lowest BCUT2D eigenvalue weighted by Crippen LogP contribution is -2.10. The lowest BCUT2D eigenvalue weighted by atomic mass is 9.90. The van der Waals surface area contributed by atoms with Crippen LogP contribution in [0, 0.1) is 16.7 Å². The van der Waals surface area contributed by atoms with Crippen molar-refractivity contribution in [3.05, 3.63) is 27.7 Å². The Morgan fingerprint density at radius 2 is 2.11 bits per heavy atom. The van der Waals surface area contributed by atoms with Gasteiger partial charge in [0.25, 0.3) is 0 Å². The van der Waals surface area contributed by atoms with Gasteiger partial charge in [-0.05, 0) is 38.8 Å². The second kappa shape index (κ2) is 6.79. The van der Waals surface area contributed by atoms with Crippen LogP contribution in [-0.2, 0) is 0 Å². The van der Waals surface area contributed by atoms with E-state index in [2.05, 4.69) is 6.07 Å². The van der Waals surface area contributed by atoms with Crippen molar-refractivity contribution >= 4 is 29.5 Å². The molecule has 0 aliphatic heterocycles. The highest BCUT2D eigenvalue weighted by atomic mass is 35.5. The molecule has 0 N–H and O–H groups in total. The predicted molar refractivity (Wildman–Crippen MR) is 76.0 cm³/mol. The molecule has 0 atom stereocenters. The van der Waals surface area contributed by atoms with Crippen molar-refractivity contribution in [1.82, 2.24) is 0 Å². The van der Waals surface area contributed by atoms with Crippen LogP contribution in [0.15, 0.2) is 12.1 Å². The topological polar surface area (TPSA) is 50.1 Å². The predicted octanol–water partition coefficient (Wildman–Crippen LogP) is 4.51. The van der Waals surface area contributed by atoms with Crippen molar-refractivity contribution in [2.24, 2.45) is 5.41 Å². The van der Waals surface area contributed by atoms with Crippen molar-refractivity contribution in [2.45, 2.75) is 26.7 Å². The van der Waals surface area contributed by atoms with Gasteiger partial charge in [-0.15, -0.1) is 0 Å². The van der Waals surface area contributed by atoms with E-state index in [4.69, 9.17) is 33.2 Å². The van der Waals surface area contributed by atoms with Gasteiger partial charge < -0.3 is 4.74 Å². The molecule has 3 nitrogen and oxygen atoms in total. The molecule has 0 spiro atoms. The van der Waals surface area contributed by atoms with Crippen LogP contribution >= 0.6 is 23.2 Å². The summed E-state index contributed by atoms with van der Waals surface area (Å²) in [6.45, 7) is 4.14. The summed E-state index contributed by atoms with van der Waals surface area (Å²) >= 11 is 11.8. The number of carbonyl (C=O) groups is 1. The van der Waals surface area contributed by atoms with Gasteiger partial charge in [0.1, 0.15) is 5.75 Å². The van der Waals surface area contributed by atoms with E-state index in [0.29, 0.717) is 47.1 Å².